The zero-order chi connectivity index (χ0) is 22.1. The van der Waals surface area contributed by atoms with Crippen molar-refractivity contribution in [3.8, 4) is 0 Å². The van der Waals surface area contributed by atoms with Gasteiger partial charge in [-0.1, -0.05) is 42.5 Å². The Morgan fingerprint density at radius 2 is 1.91 bits per heavy atom. The number of ether oxygens (including phenoxy) is 1. The number of nitrogens with zero attached hydrogens (tertiary/aromatic N) is 4. The van der Waals surface area contributed by atoms with Crippen molar-refractivity contribution in [1.29, 1.82) is 0 Å². The molecule has 1 aromatic heterocycles. The van der Waals surface area contributed by atoms with Gasteiger partial charge in [0.2, 0.25) is 5.95 Å². The first kappa shape index (κ1) is 20.9. The van der Waals surface area contributed by atoms with Crippen molar-refractivity contribution in [2.75, 3.05) is 24.7 Å². The average Bonchev–Trinajstić information content (AvgIpc) is 3.30. The van der Waals surface area contributed by atoms with Crippen molar-refractivity contribution in [3.63, 3.8) is 0 Å². The van der Waals surface area contributed by atoms with Gasteiger partial charge in [0.05, 0.1) is 25.1 Å². The van der Waals surface area contributed by atoms with Gasteiger partial charge >= 0.3 is 0 Å². The van der Waals surface area contributed by atoms with E-state index >= 15 is 0 Å². The van der Waals surface area contributed by atoms with Crippen molar-refractivity contribution in [3.05, 3.63) is 87.3 Å². The number of rotatable bonds is 5. The van der Waals surface area contributed by atoms with Crippen molar-refractivity contribution < 1.29 is 4.74 Å². The summed E-state index contributed by atoms with van der Waals surface area (Å²) in [4.78, 5) is 23.1. The van der Waals surface area contributed by atoms with Crippen LogP contribution in [0.3, 0.4) is 0 Å². The lowest BCUT2D eigenvalue weighted by Gasteiger charge is -2.39. The van der Waals surface area contributed by atoms with Crippen LogP contribution in [0.1, 0.15) is 35.2 Å². The average molecular weight is 431 g/mol. The van der Waals surface area contributed by atoms with E-state index in [1.165, 1.54) is 5.56 Å². The van der Waals surface area contributed by atoms with Crippen LogP contribution < -0.4 is 10.5 Å². The molecule has 3 heterocycles. The summed E-state index contributed by atoms with van der Waals surface area (Å²) in [6.07, 6.45) is 3.01. The second-order valence-electron chi connectivity index (χ2n) is 8.91. The molecule has 1 fully saturated rings. The Morgan fingerprint density at radius 3 is 2.66 bits per heavy atom. The Labute approximate surface area is 189 Å². The predicted molar refractivity (Wildman–Crippen MR) is 126 cm³/mol. The monoisotopic (exact) mass is 430 g/mol. The van der Waals surface area contributed by atoms with Gasteiger partial charge in [-0.15, -0.1) is 0 Å². The van der Waals surface area contributed by atoms with Crippen LogP contribution in [0.5, 0.6) is 0 Å². The zero-order valence-electron chi connectivity index (χ0n) is 18.8. The summed E-state index contributed by atoms with van der Waals surface area (Å²) in [5.41, 5.74) is 4.98. The second kappa shape index (κ2) is 8.88. The molecule has 32 heavy (non-hydrogen) atoms. The normalized spacial score (nSPS) is 18.7. The Bertz CT molecular complexity index is 1150. The first-order chi connectivity index (χ1) is 15.6. The largest absolute Gasteiger partial charge is 0.377 e. The first-order valence-electron chi connectivity index (χ1n) is 11.4. The molecule has 0 spiro atoms. The molecule has 6 heteroatoms. The van der Waals surface area contributed by atoms with Gasteiger partial charge in [0.15, 0.2) is 0 Å². The fourth-order valence-electron chi connectivity index (χ4n) is 4.72. The van der Waals surface area contributed by atoms with Gasteiger partial charge < -0.3 is 4.74 Å². The highest BCUT2D eigenvalue weighted by Crippen LogP contribution is 2.29. The summed E-state index contributed by atoms with van der Waals surface area (Å²) < 4.78 is 7.73. The maximum atomic E-state index is 13.7. The number of aryl methyl sites for hydroxylation is 2. The number of anilines is 2. The van der Waals surface area contributed by atoms with E-state index in [1.54, 1.807) is 0 Å². The molecule has 1 saturated heterocycles. The van der Waals surface area contributed by atoms with Crippen molar-refractivity contribution in [2.24, 2.45) is 0 Å². The lowest BCUT2D eigenvalue weighted by molar-refractivity contribution is 0.0584. The highest BCUT2D eigenvalue weighted by atomic mass is 16.5. The molecule has 0 aliphatic carbocycles. The van der Waals surface area contributed by atoms with Gasteiger partial charge in [-0.25, -0.2) is 4.98 Å². The third-order valence-electron chi connectivity index (χ3n) is 6.40. The lowest BCUT2D eigenvalue weighted by atomic mass is 10.1. The molecule has 2 aliphatic rings. The number of fused-ring (bicyclic) bond motifs is 1. The molecule has 0 radical (unpaired) electrons. The van der Waals surface area contributed by atoms with E-state index in [0.717, 1.165) is 54.4 Å². The predicted octanol–water partition coefficient (Wildman–Crippen LogP) is 4.00. The van der Waals surface area contributed by atoms with E-state index < -0.39 is 0 Å². The van der Waals surface area contributed by atoms with Gasteiger partial charge in [-0.3, -0.25) is 19.2 Å². The third kappa shape index (κ3) is 4.20. The topological polar surface area (TPSA) is 50.6 Å². The van der Waals surface area contributed by atoms with E-state index in [9.17, 15) is 4.79 Å². The number of benzene rings is 2. The van der Waals surface area contributed by atoms with E-state index in [-0.39, 0.29) is 11.7 Å². The highest BCUT2D eigenvalue weighted by Gasteiger charge is 2.30. The standard InChI is InChI=1S/C26H30N4O2/c1-19-8-6-11-22(14-19)29-17-28(16-23-12-7-13-32-23)18-30-25(31)24(20(2)27-26(29)30)15-21-9-4-3-5-10-21/h3-6,8-11,14,23H,7,12-13,15-18H2,1-2H3. The fraction of sp³-hybridized carbons (Fsp3) is 0.385. The molecule has 0 saturated carbocycles. The molecule has 0 N–H and O–H groups in total. The molecular weight excluding hydrogens is 400 g/mol. The smallest absolute Gasteiger partial charge is 0.259 e. The van der Waals surface area contributed by atoms with Crippen LogP contribution in [0.15, 0.2) is 59.4 Å². The van der Waals surface area contributed by atoms with Gasteiger partial charge in [-0.05, 0) is 49.9 Å². The second-order valence-corrected chi connectivity index (χ2v) is 8.91. The first-order valence-corrected chi connectivity index (χ1v) is 11.4. The van der Waals surface area contributed by atoms with Crippen LogP contribution in [-0.4, -0.2) is 40.4 Å². The maximum absolute atomic E-state index is 13.7. The fourth-order valence-corrected chi connectivity index (χ4v) is 4.72. The van der Waals surface area contributed by atoms with Gasteiger partial charge in [0, 0.05) is 30.8 Å². The number of hydrogen-bond acceptors (Lipinski definition) is 5. The Hall–Kier alpha value is -2.96. The third-order valence-corrected chi connectivity index (χ3v) is 6.40. The minimum atomic E-state index is 0.0473. The number of aromatic nitrogens is 2. The summed E-state index contributed by atoms with van der Waals surface area (Å²) in [6.45, 7) is 6.91. The Morgan fingerprint density at radius 1 is 1.06 bits per heavy atom. The summed E-state index contributed by atoms with van der Waals surface area (Å²) in [5, 5.41) is 0. The minimum Gasteiger partial charge on any atom is -0.377 e. The van der Waals surface area contributed by atoms with Crippen LogP contribution in [0.25, 0.3) is 0 Å². The molecule has 1 atom stereocenters. The number of hydrogen-bond donors (Lipinski definition) is 0. The molecule has 6 nitrogen and oxygen atoms in total. The molecular formula is C26H30N4O2. The van der Waals surface area contributed by atoms with Crippen LogP contribution >= 0.6 is 0 Å². The Kier molecular flexibility index (Phi) is 5.81. The van der Waals surface area contributed by atoms with E-state index in [1.807, 2.05) is 29.7 Å². The maximum Gasteiger partial charge on any atom is 0.259 e. The van der Waals surface area contributed by atoms with Gasteiger partial charge in [-0.2, -0.15) is 0 Å². The summed E-state index contributed by atoms with van der Waals surface area (Å²) in [5.74, 6) is 0.721. The van der Waals surface area contributed by atoms with Crippen LogP contribution in [0.4, 0.5) is 11.6 Å². The zero-order valence-corrected chi connectivity index (χ0v) is 18.8. The molecule has 3 aromatic rings. The SMILES string of the molecule is Cc1cccc(N2CN(CC3CCCO3)Cn3c2nc(C)c(Cc2ccccc2)c3=O)c1. The molecule has 5 rings (SSSR count). The lowest BCUT2D eigenvalue weighted by Crippen LogP contribution is -2.50. The summed E-state index contributed by atoms with van der Waals surface area (Å²) >= 11 is 0. The van der Waals surface area contributed by atoms with Crippen molar-refractivity contribution in [1.82, 2.24) is 14.5 Å². The molecule has 166 valence electrons. The van der Waals surface area contributed by atoms with Crippen molar-refractivity contribution in [2.45, 2.75) is 45.9 Å². The highest BCUT2D eigenvalue weighted by molar-refractivity contribution is 5.59. The van der Waals surface area contributed by atoms with E-state index in [2.05, 4.69) is 53.1 Å². The molecule has 2 aliphatic heterocycles. The minimum absolute atomic E-state index is 0.0473. The molecule has 0 amide bonds. The quantitative estimate of drug-likeness (QED) is 0.612. The summed E-state index contributed by atoms with van der Waals surface area (Å²) in [7, 11) is 0. The van der Waals surface area contributed by atoms with Crippen molar-refractivity contribution >= 4 is 11.6 Å². The van der Waals surface area contributed by atoms with E-state index in [0.29, 0.717) is 19.8 Å². The van der Waals surface area contributed by atoms with Gasteiger partial charge in [0.25, 0.3) is 5.56 Å². The molecule has 0 bridgehead atoms. The summed E-state index contributed by atoms with van der Waals surface area (Å²) in [6, 6.07) is 18.5. The molecule has 2 aromatic carbocycles. The molecule has 1 unspecified atom stereocenters. The van der Waals surface area contributed by atoms with E-state index in [4.69, 9.17) is 9.72 Å². The van der Waals surface area contributed by atoms with Crippen LogP contribution in [0, 0.1) is 13.8 Å². The van der Waals surface area contributed by atoms with Crippen LogP contribution in [0.2, 0.25) is 0 Å². The van der Waals surface area contributed by atoms with Gasteiger partial charge in [0.1, 0.15) is 0 Å². The van der Waals surface area contributed by atoms with Crippen LogP contribution in [-0.2, 0) is 17.8 Å². The Balaban J connectivity index is 1.56.